The molecule has 2 rings (SSSR count). The number of hydrogen-bond acceptors (Lipinski definition) is 5. The van der Waals surface area contributed by atoms with Crippen LogP contribution >= 0.6 is 0 Å². The maximum Gasteiger partial charge on any atom is 0.246 e. The fourth-order valence-corrected chi connectivity index (χ4v) is 3.48. The summed E-state index contributed by atoms with van der Waals surface area (Å²) in [6.45, 7) is 2.53. The summed E-state index contributed by atoms with van der Waals surface area (Å²) in [5, 5.41) is 17.9. The molecule has 1 saturated heterocycles. The van der Waals surface area contributed by atoms with E-state index in [9.17, 15) is 8.42 Å². The van der Waals surface area contributed by atoms with Crippen LogP contribution in [-0.2, 0) is 10.0 Å². The Morgan fingerprint density at radius 1 is 1.58 bits per heavy atom. The SMILES string of the molecule is CC1(C(N)=NO)CCN(S(=O)(=O)c2cn[nH]c2)CC1. The van der Waals surface area contributed by atoms with Gasteiger partial charge in [0.2, 0.25) is 10.0 Å². The summed E-state index contributed by atoms with van der Waals surface area (Å²) in [5.41, 5.74) is 5.19. The lowest BCUT2D eigenvalue weighted by Gasteiger charge is -2.37. The van der Waals surface area contributed by atoms with E-state index >= 15 is 0 Å². The molecule has 106 valence electrons. The van der Waals surface area contributed by atoms with Crippen LogP contribution in [-0.4, -0.2) is 47.1 Å². The molecule has 0 unspecified atom stereocenters. The Morgan fingerprint density at radius 2 is 2.21 bits per heavy atom. The zero-order chi connectivity index (χ0) is 14.1. The molecule has 1 fully saturated rings. The molecule has 0 spiro atoms. The molecule has 9 heteroatoms. The average Bonchev–Trinajstić information content (AvgIpc) is 2.93. The number of hydrogen-bond donors (Lipinski definition) is 3. The Morgan fingerprint density at radius 3 is 2.68 bits per heavy atom. The number of aromatic amines is 1. The van der Waals surface area contributed by atoms with Gasteiger partial charge >= 0.3 is 0 Å². The summed E-state index contributed by atoms with van der Waals surface area (Å²) in [7, 11) is -3.50. The number of nitrogens with zero attached hydrogens (tertiary/aromatic N) is 3. The monoisotopic (exact) mass is 287 g/mol. The molecule has 0 amide bonds. The molecule has 0 saturated carbocycles. The van der Waals surface area contributed by atoms with Crippen LogP contribution in [0.25, 0.3) is 0 Å². The third-order valence-electron chi connectivity index (χ3n) is 3.66. The molecule has 1 aromatic rings. The van der Waals surface area contributed by atoms with Crippen molar-refractivity contribution in [2.45, 2.75) is 24.7 Å². The van der Waals surface area contributed by atoms with Crippen LogP contribution in [0, 0.1) is 5.41 Å². The highest BCUT2D eigenvalue weighted by atomic mass is 32.2. The Bertz CT molecular complexity index is 558. The summed E-state index contributed by atoms with van der Waals surface area (Å²) >= 11 is 0. The van der Waals surface area contributed by atoms with Gasteiger partial charge in [-0.15, -0.1) is 0 Å². The van der Waals surface area contributed by atoms with Gasteiger partial charge in [0.1, 0.15) is 10.7 Å². The van der Waals surface area contributed by atoms with E-state index < -0.39 is 15.4 Å². The van der Waals surface area contributed by atoms with Crippen LogP contribution < -0.4 is 5.73 Å². The maximum absolute atomic E-state index is 12.3. The highest BCUT2D eigenvalue weighted by molar-refractivity contribution is 7.89. The topological polar surface area (TPSA) is 125 Å². The normalized spacial score (nSPS) is 21.4. The van der Waals surface area contributed by atoms with Gasteiger partial charge in [-0.25, -0.2) is 8.42 Å². The van der Waals surface area contributed by atoms with Crippen molar-refractivity contribution >= 4 is 15.9 Å². The number of nitrogens with one attached hydrogen (secondary N) is 1. The average molecular weight is 287 g/mol. The number of rotatable bonds is 3. The standard InChI is InChI=1S/C10H17N5O3S/c1-10(9(11)14-16)2-4-15(5-3-10)19(17,18)8-6-12-13-7-8/h6-7,16H,2-5H2,1H3,(H2,11,14)(H,12,13). The van der Waals surface area contributed by atoms with Crippen LogP contribution in [0.4, 0.5) is 0 Å². The first-order valence-corrected chi connectivity index (χ1v) is 7.31. The summed E-state index contributed by atoms with van der Waals surface area (Å²) in [4.78, 5) is 0.153. The zero-order valence-corrected chi connectivity index (χ0v) is 11.4. The second-order valence-electron chi connectivity index (χ2n) is 4.88. The van der Waals surface area contributed by atoms with E-state index in [0.717, 1.165) is 0 Å². The second-order valence-corrected chi connectivity index (χ2v) is 6.82. The molecule has 0 atom stereocenters. The van der Waals surface area contributed by atoms with Gasteiger partial charge in [0.05, 0.1) is 6.20 Å². The van der Waals surface area contributed by atoms with E-state index in [1.807, 2.05) is 6.92 Å². The fourth-order valence-electron chi connectivity index (χ4n) is 2.13. The van der Waals surface area contributed by atoms with E-state index in [2.05, 4.69) is 15.4 Å². The van der Waals surface area contributed by atoms with Crippen LogP contribution in [0.5, 0.6) is 0 Å². The Kier molecular flexibility index (Phi) is 3.50. The van der Waals surface area contributed by atoms with Gasteiger partial charge in [-0.05, 0) is 12.8 Å². The lowest BCUT2D eigenvalue weighted by Crippen LogP contribution is -2.47. The second kappa shape index (κ2) is 4.82. The summed E-state index contributed by atoms with van der Waals surface area (Å²) in [5.74, 6) is 0.146. The van der Waals surface area contributed by atoms with E-state index in [1.165, 1.54) is 16.7 Å². The summed E-state index contributed by atoms with van der Waals surface area (Å²) in [6.07, 6.45) is 3.67. The van der Waals surface area contributed by atoms with Crippen LogP contribution in [0.2, 0.25) is 0 Å². The minimum Gasteiger partial charge on any atom is -0.409 e. The molecule has 0 aromatic carbocycles. The predicted molar refractivity (Wildman–Crippen MR) is 68.1 cm³/mol. The highest BCUT2D eigenvalue weighted by Gasteiger charge is 2.38. The van der Waals surface area contributed by atoms with Crippen molar-refractivity contribution in [3.63, 3.8) is 0 Å². The zero-order valence-electron chi connectivity index (χ0n) is 10.6. The van der Waals surface area contributed by atoms with Gasteiger partial charge < -0.3 is 10.9 Å². The van der Waals surface area contributed by atoms with Gasteiger partial charge in [0, 0.05) is 24.7 Å². The minimum atomic E-state index is -3.50. The lowest BCUT2D eigenvalue weighted by atomic mass is 9.80. The third-order valence-corrected chi connectivity index (χ3v) is 5.53. The smallest absolute Gasteiger partial charge is 0.246 e. The van der Waals surface area contributed by atoms with E-state index in [4.69, 9.17) is 10.9 Å². The predicted octanol–water partition coefficient (Wildman–Crippen LogP) is -0.0531. The number of sulfonamides is 1. The Labute approximate surface area is 111 Å². The molecule has 0 radical (unpaired) electrons. The number of amidine groups is 1. The first kappa shape index (κ1) is 13.8. The maximum atomic E-state index is 12.3. The number of nitrogens with two attached hydrogens (primary N) is 1. The summed E-state index contributed by atoms with van der Waals surface area (Å²) in [6, 6.07) is 0. The van der Waals surface area contributed by atoms with E-state index in [1.54, 1.807) is 0 Å². The largest absolute Gasteiger partial charge is 0.409 e. The van der Waals surface area contributed by atoms with Crippen LogP contribution in [0.1, 0.15) is 19.8 Å². The first-order valence-electron chi connectivity index (χ1n) is 5.87. The molecule has 1 aromatic heterocycles. The van der Waals surface area contributed by atoms with Crippen molar-refractivity contribution < 1.29 is 13.6 Å². The van der Waals surface area contributed by atoms with Crippen molar-refractivity contribution in [2.75, 3.05) is 13.1 Å². The van der Waals surface area contributed by atoms with Crippen molar-refractivity contribution in [3.8, 4) is 0 Å². The van der Waals surface area contributed by atoms with Crippen LogP contribution in [0.3, 0.4) is 0 Å². The van der Waals surface area contributed by atoms with Crippen molar-refractivity contribution in [1.29, 1.82) is 0 Å². The Balaban J connectivity index is 2.13. The van der Waals surface area contributed by atoms with Gasteiger partial charge in [0.25, 0.3) is 0 Å². The van der Waals surface area contributed by atoms with E-state index in [0.29, 0.717) is 25.9 Å². The van der Waals surface area contributed by atoms with Crippen molar-refractivity contribution in [1.82, 2.24) is 14.5 Å². The molecule has 19 heavy (non-hydrogen) atoms. The molecule has 2 heterocycles. The molecular weight excluding hydrogens is 270 g/mol. The highest BCUT2D eigenvalue weighted by Crippen LogP contribution is 2.33. The number of aromatic nitrogens is 2. The number of piperidine rings is 1. The fraction of sp³-hybridized carbons (Fsp3) is 0.600. The number of H-pyrrole nitrogens is 1. The molecule has 8 nitrogen and oxygen atoms in total. The molecule has 0 bridgehead atoms. The molecule has 4 N–H and O–H groups in total. The molecule has 0 aliphatic carbocycles. The van der Waals surface area contributed by atoms with Crippen LogP contribution in [0.15, 0.2) is 22.4 Å². The minimum absolute atomic E-state index is 0.146. The molecular formula is C10H17N5O3S. The van der Waals surface area contributed by atoms with Gasteiger partial charge in [0.15, 0.2) is 0 Å². The molecule has 1 aliphatic rings. The number of oxime groups is 1. The van der Waals surface area contributed by atoms with Crippen molar-refractivity contribution in [3.05, 3.63) is 12.4 Å². The van der Waals surface area contributed by atoms with Gasteiger partial charge in [-0.3, -0.25) is 5.10 Å². The Hall–Kier alpha value is -1.61. The van der Waals surface area contributed by atoms with E-state index in [-0.39, 0.29) is 10.7 Å². The van der Waals surface area contributed by atoms with Gasteiger partial charge in [-0.1, -0.05) is 12.1 Å². The van der Waals surface area contributed by atoms with Gasteiger partial charge in [-0.2, -0.15) is 9.40 Å². The quantitative estimate of drug-likeness (QED) is 0.311. The first-order chi connectivity index (χ1) is 8.90. The van der Waals surface area contributed by atoms with Crippen molar-refractivity contribution in [2.24, 2.45) is 16.3 Å². The summed E-state index contributed by atoms with van der Waals surface area (Å²) < 4.78 is 25.9. The lowest BCUT2D eigenvalue weighted by molar-refractivity contribution is 0.230. The third kappa shape index (κ3) is 2.43. The molecule has 1 aliphatic heterocycles.